The van der Waals surface area contributed by atoms with Gasteiger partial charge in [-0.2, -0.15) is 0 Å². The Morgan fingerprint density at radius 3 is 2.50 bits per heavy atom. The van der Waals surface area contributed by atoms with Gasteiger partial charge in [0.25, 0.3) is 5.91 Å². The van der Waals surface area contributed by atoms with E-state index in [9.17, 15) is 14.4 Å². The topological polar surface area (TPSA) is 109 Å². The number of hydrogen-bond acceptors (Lipinski definition) is 7. The van der Waals surface area contributed by atoms with E-state index in [2.05, 4.69) is 12.1 Å². The largest absolute Gasteiger partial charge is 0.489 e. The lowest BCUT2D eigenvalue weighted by Crippen LogP contribution is -2.51. The molecule has 9 heteroatoms. The number of hydrogen-bond donors (Lipinski definition) is 1. The van der Waals surface area contributed by atoms with Crippen LogP contribution in [-0.4, -0.2) is 61.4 Å². The smallest absolute Gasteiger partial charge is 0.410 e. The van der Waals surface area contributed by atoms with Gasteiger partial charge >= 0.3 is 12.1 Å². The minimum atomic E-state index is -1.08. The molecule has 1 atom stereocenters. The molecule has 2 aliphatic rings. The Morgan fingerprint density at radius 2 is 1.83 bits per heavy atom. The van der Waals surface area contributed by atoms with Gasteiger partial charge in [0.15, 0.2) is 0 Å². The molecule has 1 fully saturated rings. The van der Waals surface area contributed by atoms with Crippen molar-refractivity contribution in [2.24, 2.45) is 0 Å². The summed E-state index contributed by atoms with van der Waals surface area (Å²) in [4.78, 5) is 41.4. The van der Waals surface area contributed by atoms with E-state index in [-0.39, 0.29) is 12.3 Å². The van der Waals surface area contributed by atoms with E-state index in [1.165, 1.54) is 62.9 Å². The number of nitrogens with zero attached hydrogens (tertiary/aromatic N) is 2. The number of amides is 2. The lowest BCUT2D eigenvalue weighted by atomic mass is 9.82. The molecular formula is C33H43N3O6. The molecule has 2 aromatic carbocycles. The molecule has 226 valence electrons. The Bertz CT molecular complexity index is 1310. The van der Waals surface area contributed by atoms with Crippen LogP contribution in [0.1, 0.15) is 87.5 Å². The van der Waals surface area contributed by atoms with Crippen molar-refractivity contribution >= 4 is 29.9 Å². The van der Waals surface area contributed by atoms with Crippen LogP contribution in [0.4, 0.5) is 10.5 Å². The predicted molar refractivity (Wildman–Crippen MR) is 161 cm³/mol. The van der Waals surface area contributed by atoms with E-state index in [1.54, 1.807) is 25.7 Å². The number of benzene rings is 2. The number of rotatable bonds is 9. The van der Waals surface area contributed by atoms with Gasteiger partial charge < -0.3 is 24.5 Å². The summed E-state index contributed by atoms with van der Waals surface area (Å²) in [6, 6.07) is 10.8. The second kappa shape index (κ2) is 13.4. The van der Waals surface area contributed by atoms with Crippen molar-refractivity contribution in [3.05, 3.63) is 58.7 Å². The maximum atomic E-state index is 13.7. The molecule has 0 bridgehead atoms. The van der Waals surface area contributed by atoms with Crippen molar-refractivity contribution < 1.29 is 28.6 Å². The number of methoxy groups -OCH3 is 1. The molecule has 42 heavy (non-hydrogen) atoms. The summed E-state index contributed by atoms with van der Waals surface area (Å²) >= 11 is 0. The molecule has 4 rings (SSSR count). The molecule has 2 amide bonds. The van der Waals surface area contributed by atoms with Crippen LogP contribution in [0.15, 0.2) is 36.4 Å². The fraction of sp³-hybridized carbons (Fsp3) is 0.515. The maximum absolute atomic E-state index is 13.7. The van der Waals surface area contributed by atoms with Crippen LogP contribution in [0.5, 0.6) is 5.75 Å². The number of ether oxygens (including phenoxy) is 3. The third kappa shape index (κ3) is 7.49. The fourth-order valence-corrected chi connectivity index (χ4v) is 5.76. The van der Waals surface area contributed by atoms with E-state index in [0.29, 0.717) is 31.2 Å². The minimum absolute atomic E-state index is 0.282. The van der Waals surface area contributed by atoms with Gasteiger partial charge in [-0.05, 0) is 92.5 Å². The molecule has 1 aliphatic heterocycles. The zero-order valence-corrected chi connectivity index (χ0v) is 25.4. The molecule has 1 unspecified atom stereocenters. The predicted octanol–water partition coefficient (Wildman–Crippen LogP) is 6.00. The Balaban J connectivity index is 1.45. The fourth-order valence-electron chi connectivity index (χ4n) is 5.76. The van der Waals surface area contributed by atoms with Crippen LogP contribution in [0.3, 0.4) is 0 Å². The van der Waals surface area contributed by atoms with Crippen LogP contribution in [0.25, 0.3) is 0 Å². The molecule has 1 aliphatic carbocycles. The second-order valence-corrected chi connectivity index (χ2v) is 12.1. The number of anilines is 1. The first-order valence-corrected chi connectivity index (χ1v) is 14.7. The summed E-state index contributed by atoms with van der Waals surface area (Å²) in [5, 5.41) is 7.95. The quantitative estimate of drug-likeness (QED) is 0.289. The van der Waals surface area contributed by atoms with Gasteiger partial charge in [-0.25, -0.2) is 4.79 Å². The van der Waals surface area contributed by atoms with Crippen molar-refractivity contribution in [2.75, 3.05) is 25.6 Å². The van der Waals surface area contributed by atoms with E-state index < -0.39 is 23.7 Å². The number of esters is 1. The first-order valence-electron chi connectivity index (χ1n) is 14.7. The molecule has 0 spiro atoms. The van der Waals surface area contributed by atoms with Crippen molar-refractivity contribution in [2.45, 2.75) is 89.9 Å². The summed E-state index contributed by atoms with van der Waals surface area (Å²) in [7, 11) is 2.71. The van der Waals surface area contributed by atoms with Crippen molar-refractivity contribution in [1.29, 1.82) is 5.41 Å². The van der Waals surface area contributed by atoms with Crippen LogP contribution in [0, 0.1) is 5.41 Å². The molecular weight excluding hydrogens is 534 g/mol. The highest BCUT2D eigenvalue weighted by Gasteiger charge is 2.37. The van der Waals surface area contributed by atoms with Gasteiger partial charge in [-0.1, -0.05) is 31.4 Å². The number of fused-ring (bicyclic) bond motifs is 1. The number of likely N-dealkylation sites (N-methyl/N-ethyl adjacent to an activating group) is 1. The van der Waals surface area contributed by atoms with E-state index in [1.807, 2.05) is 24.3 Å². The lowest BCUT2D eigenvalue weighted by molar-refractivity contribution is -0.144. The highest BCUT2D eigenvalue weighted by molar-refractivity contribution is 6.02. The summed E-state index contributed by atoms with van der Waals surface area (Å²) in [5.74, 6) is 0.250. The first kappa shape index (κ1) is 31.1. The van der Waals surface area contributed by atoms with Gasteiger partial charge in [0, 0.05) is 25.5 Å². The van der Waals surface area contributed by atoms with Crippen LogP contribution in [-0.2, 0) is 32.1 Å². The standard InChI is InChI=1S/C33H43N3O6/c1-33(2,3)42-32(39)35(4)29(19-30(37)40-5)31(38)36-16-15-24-18-26(12-14-28(24)36)41-21-22-11-13-27(25(17-22)20-34)23-9-7-6-8-10-23/h11-14,17-18,20,23,29,34H,6-10,15-16,19,21H2,1-5H3. The third-order valence-corrected chi connectivity index (χ3v) is 7.99. The lowest BCUT2D eigenvalue weighted by Gasteiger charge is -2.32. The number of carbonyl (C=O) groups is 3. The van der Waals surface area contributed by atoms with Crippen molar-refractivity contribution in [1.82, 2.24) is 4.90 Å². The Morgan fingerprint density at radius 1 is 1.10 bits per heavy atom. The average Bonchev–Trinajstić information content (AvgIpc) is 3.40. The molecule has 2 aromatic rings. The SMILES string of the molecule is COC(=O)CC(C(=O)N1CCc2cc(OCc3ccc(C4CCCCC4)c(C=N)c3)ccc21)N(C)C(=O)OC(C)(C)C. The molecule has 9 nitrogen and oxygen atoms in total. The van der Waals surface area contributed by atoms with Crippen molar-refractivity contribution in [3.8, 4) is 5.75 Å². The number of carbonyl (C=O) groups excluding carboxylic acids is 3. The Labute approximate surface area is 248 Å². The van der Waals surface area contributed by atoms with Gasteiger partial charge in [0.05, 0.1) is 13.5 Å². The summed E-state index contributed by atoms with van der Waals surface area (Å²) in [6.07, 6.45) is 7.27. The zero-order chi connectivity index (χ0) is 30.4. The Hall–Kier alpha value is -3.88. The van der Waals surface area contributed by atoms with Gasteiger partial charge in [0.1, 0.15) is 24.0 Å². The normalized spacial score (nSPS) is 15.9. The molecule has 1 saturated carbocycles. The minimum Gasteiger partial charge on any atom is -0.489 e. The molecule has 0 aromatic heterocycles. The maximum Gasteiger partial charge on any atom is 0.410 e. The molecule has 0 radical (unpaired) electrons. The van der Waals surface area contributed by atoms with Gasteiger partial charge in [0.2, 0.25) is 0 Å². The van der Waals surface area contributed by atoms with Gasteiger partial charge in [-0.15, -0.1) is 0 Å². The summed E-state index contributed by atoms with van der Waals surface area (Å²) in [5.41, 5.74) is 4.15. The van der Waals surface area contributed by atoms with Crippen LogP contribution >= 0.6 is 0 Å². The zero-order valence-electron chi connectivity index (χ0n) is 25.4. The van der Waals surface area contributed by atoms with Crippen LogP contribution < -0.4 is 9.64 Å². The van der Waals surface area contributed by atoms with E-state index >= 15 is 0 Å². The molecule has 1 N–H and O–H groups in total. The number of nitrogens with one attached hydrogen (secondary N) is 1. The van der Waals surface area contributed by atoms with E-state index in [4.69, 9.17) is 19.6 Å². The average molecular weight is 578 g/mol. The van der Waals surface area contributed by atoms with E-state index in [0.717, 1.165) is 22.4 Å². The first-order chi connectivity index (χ1) is 20.0. The molecule has 1 heterocycles. The van der Waals surface area contributed by atoms with Crippen LogP contribution in [0.2, 0.25) is 0 Å². The third-order valence-electron chi connectivity index (χ3n) is 7.99. The molecule has 0 saturated heterocycles. The van der Waals surface area contributed by atoms with Gasteiger partial charge in [-0.3, -0.25) is 14.5 Å². The highest BCUT2D eigenvalue weighted by Crippen LogP contribution is 2.35. The monoisotopic (exact) mass is 577 g/mol. The Kier molecular flexibility index (Phi) is 9.91. The highest BCUT2D eigenvalue weighted by atomic mass is 16.6. The summed E-state index contributed by atoms with van der Waals surface area (Å²) in [6.45, 7) is 6.01. The second-order valence-electron chi connectivity index (χ2n) is 12.1. The summed E-state index contributed by atoms with van der Waals surface area (Å²) < 4.78 is 16.4. The van der Waals surface area contributed by atoms with Crippen molar-refractivity contribution in [3.63, 3.8) is 0 Å².